The van der Waals surface area contributed by atoms with Gasteiger partial charge in [0.15, 0.2) is 5.78 Å². The molecule has 1 aliphatic heterocycles. The minimum atomic E-state index is -1.43. The second kappa shape index (κ2) is 9.77. The van der Waals surface area contributed by atoms with Crippen molar-refractivity contribution in [1.29, 1.82) is 0 Å². The lowest BCUT2D eigenvalue weighted by Gasteiger charge is -2.25. The molecule has 0 radical (unpaired) electrons. The second-order valence-electron chi connectivity index (χ2n) is 6.55. The monoisotopic (exact) mass is 340 g/mol. The van der Waals surface area contributed by atoms with Crippen LogP contribution >= 0.6 is 0 Å². The molecule has 6 heteroatoms. The van der Waals surface area contributed by atoms with E-state index in [9.17, 15) is 14.4 Å². The zero-order valence-electron chi connectivity index (χ0n) is 14.5. The van der Waals surface area contributed by atoms with Gasteiger partial charge in [-0.1, -0.05) is 25.7 Å². The summed E-state index contributed by atoms with van der Waals surface area (Å²) in [5.74, 6) is -2.06. The number of Topliss-reactive ketones (excluding diaryl/α,β-unsaturated/α-hetero) is 1. The summed E-state index contributed by atoms with van der Waals surface area (Å²) in [7, 11) is 0. The summed E-state index contributed by atoms with van der Waals surface area (Å²) in [4.78, 5) is 37.3. The molecule has 0 spiro atoms. The van der Waals surface area contributed by atoms with Crippen molar-refractivity contribution in [2.75, 3.05) is 19.8 Å². The quantitative estimate of drug-likeness (QED) is 0.420. The van der Waals surface area contributed by atoms with Crippen molar-refractivity contribution in [1.82, 2.24) is 0 Å². The molecule has 0 aromatic heterocycles. The van der Waals surface area contributed by atoms with Crippen LogP contribution in [0.2, 0.25) is 0 Å². The fourth-order valence-corrected chi connectivity index (χ4v) is 3.36. The molecule has 6 nitrogen and oxygen atoms in total. The van der Waals surface area contributed by atoms with Gasteiger partial charge in [0.1, 0.15) is 0 Å². The number of carbonyl (C=O) groups excluding carboxylic acids is 3. The SMILES string of the molecule is CCOC(=O)C(OC(=O)C1CCCCCC1)C(=O)C1CCOCC1. The molecule has 1 saturated carbocycles. The number of ketones is 1. The summed E-state index contributed by atoms with van der Waals surface area (Å²) < 4.78 is 15.6. The lowest BCUT2D eigenvalue weighted by Crippen LogP contribution is -2.42. The van der Waals surface area contributed by atoms with Crippen molar-refractivity contribution in [3.63, 3.8) is 0 Å². The lowest BCUT2D eigenvalue weighted by atomic mass is 9.92. The van der Waals surface area contributed by atoms with Gasteiger partial charge in [-0.25, -0.2) is 4.79 Å². The van der Waals surface area contributed by atoms with Crippen molar-refractivity contribution in [3.05, 3.63) is 0 Å². The van der Waals surface area contributed by atoms with Gasteiger partial charge in [0, 0.05) is 19.1 Å². The average molecular weight is 340 g/mol. The third-order valence-electron chi connectivity index (χ3n) is 4.81. The average Bonchev–Trinajstić information content (AvgIpc) is 2.89. The topological polar surface area (TPSA) is 78.9 Å². The molecule has 0 bridgehead atoms. The van der Waals surface area contributed by atoms with Gasteiger partial charge in [-0.15, -0.1) is 0 Å². The molecule has 2 aliphatic rings. The standard InChI is InChI=1S/C18H28O6/c1-2-23-18(21)16(15(19)13-9-11-22-12-10-13)24-17(20)14-7-5-3-4-6-8-14/h13-14,16H,2-12H2,1H3. The smallest absolute Gasteiger partial charge is 0.355 e. The van der Waals surface area contributed by atoms with Gasteiger partial charge in [0.2, 0.25) is 0 Å². The maximum atomic E-state index is 12.7. The van der Waals surface area contributed by atoms with Gasteiger partial charge in [-0.3, -0.25) is 9.59 Å². The number of carbonyl (C=O) groups is 3. The van der Waals surface area contributed by atoms with E-state index in [0.717, 1.165) is 38.5 Å². The first-order valence-electron chi connectivity index (χ1n) is 9.12. The van der Waals surface area contributed by atoms with Crippen LogP contribution in [-0.4, -0.2) is 43.6 Å². The Hall–Kier alpha value is -1.43. The highest BCUT2D eigenvalue weighted by Gasteiger charge is 2.38. The number of hydrogen-bond donors (Lipinski definition) is 0. The highest BCUT2D eigenvalue weighted by molar-refractivity contribution is 6.04. The minimum Gasteiger partial charge on any atom is -0.463 e. The van der Waals surface area contributed by atoms with Crippen LogP contribution in [0.15, 0.2) is 0 Å². The molecule has 1 heterocycles. The van der Waals surface area contributed by atoms with Crippen molar-refractivity contribution in [2.45, 2.75) is 64.4 Å². The van der Waals surface area contributed by atoms with Gasteiger partial charge in [0.05, 0.1) is 12.5 Å². The Morgan fingerprint density at radius 1 is 0.958 bits per heavy atom. The van der Waals surface area contributed by atoms with E-state index in [2.05, 4.69) is 0 Å². The maximum absolute atomic E-state index is 12.7. The second-order valence-corrected chi connectivity index (χ2v) is 6.55. The van der Waals surface area contributed by atoms with Crippen LogP contribution in [-0.2, 0) is 28.6 Å². The number of hydrogen-bond acceptors (Lipinski definition) is 6. The first-order valence-corrected chi connectivity index (χ1v) is 9.12. The van der Waals surface area contributed by atoms with Gasteiger partial charge in [0.25, 0.3) is 6.10 Å². The van der Waals surface area contributed by atoms with E-state index in [1.54, 1.807) is 6.92 Å². The molecule has 0 aromatic carbocycles. The van der Waals surface area contributed by atoms with Gasteiger partial charge < -0.3 is 14.2 Å². The molecule has 2 fully saturated rings. The zero-order chi connectivity index (χ0) is 17.4. The Labute approximate surface area is 143 Å². The highest BCUT2D eigenvalue weighted by atomic mass is 16.6. The van der Waals surface area contributed by atoms with Gasteiger partial charge in [-0.2, -0.15) is 0 Å². The number of ether oxygens (including phenoxy) is 3. The highest BCUT2D eigenvalue weighted by Crippen LogP contribution is 2.25. The lowest BCUT2D eigenvalue weighted by molar-refractivity contribution is -0.175. The van der Waals surface area contributed by atoms with Crippen LogP contribution in [0.4, 0.5) is 0 Å². The summed E-state index contributed by atoms with van der Waals surface area (Å²) in [6.07, 6.45) is 5.41. The molecule has 1 unspecified atom stereocenters. The Balaban J connectivity index is 2.02. The van der Waals surface area contributed by atoms with E-state index in [-0.39, 0.29) is 24.2 Å². The molecule has 0 aromatic rings. The largest absolute Gasteiger partial charge is 0.463 e. The Kier molecular flexibility index (Phi) is 7.69. The summed E-state index contributed by atoms with van der Waals surface area (Å²) in [6, 6.07) is 0. The summed E-state index contributed by atoms with van der Waals surface area (Å²) in [6.45, 7) is 2.80. The zero-order valence-corrected chi connectivity index (χ0v) is 14.5. The summed E-state index contributed by atoms with van der Waals surface area (Å²) in [5, 5.41) is 0. The van der Waals surface area contributed by atoms with Crippen molar-refractivity contribution >= 4 is 17.7 Å². The van der Waals surface area contributed by atoms with Crippen LogP contribution in [0.1, 0.15) is 58.3 Å². The molecular formula is C18H28O6. The third kappa shape index (κ3) is 5.30. The number of esters is 2. The molecule has 0 amide bonds. The van der Waals surface area contributed by atoms with Crippen LogP contribution in [0.25, 0.3) is 0 Å². The fraction of sp³-hybridized carbons (Fsp3) is 0.833. The first-order chi connectivity index (χ1) is 11.6. The predicted octanol–water partition coefficient (Wildman–Crippen LogP) is 2.43. The van der Waals surface area contributed by atoms with E-state index < -0.39 is 18.0 Å². The summed E-state index contributed by atoms with van der Waals surface area (Å²) >= 11 is 0. The van der Waals surface area contributed by atoms with E-state index in [0.29, 0.717) is 26.1 Å². The van der Waals surface area contributed by atoms with Crippen molar-refractivity contribution < 1.29 is 28.6 Å². The predicted molar refractivity (Wildman–Crippen MR) is 86.3 cm³/mol. The molecule has 24 heavy (non-hydrogen) atoms. The molecule has 1 saturated heterocycles. The Bertz CT molecular complexity index is 433. The van der Waals surface area contributed by atoms with Crippen LogP contribution in [0.3, 0.4) is 0 Å². The third-order valence-corrected chi connectivity index (χ3v) is 4.81. The molecule has 2 rings (SSSR count). The molecule has 1 atom stereocenters. The van der Waals surface area contributed by atoms with E-state index in [1.807, 2.05) is 0 Å². The minimum absolute atomic E-state index is 0.150. The Morgan fingerprint density at radius 2 is 1.58 bits per heavy atom. The van der Waals surface area contributed by atoms with E-state index in [4.69, 9.17) is 14.2 Å². The molecule has 0 N–H and O–H groups in total. The van der Waals surface area contributed by atoms with Crippen LogP contribution < -0.4 is 0 Å². The molecule has 136 valence electrons. The van der Waals surface area contributed by atoms with E-state index in [1.165, 1.54) is 0 Å². The fourth-order valence-electron chi connectivity index (χ4n) is 3.36. The van der Waals surface area contributed by atoms with Crippen LogP contribution in [0.5, 0.6) is 0 Å². The van der Waals surface area contributed by atoms with Crippen molar-refractivity contribution in [2.24, 2.45) is 11.8 Å². The maximum Gasteiger partial charge on any atom is 0.355 e. The normalized spacial score (nSPS) is 21.5. The van der Waals surface area contributed by atoms with Gasteiger partial charge in [-0.05, 0) is 32.6 Å². The molecule has 1 aliphatic carbocycles. The van der Waals surface area contributed by atoms with Gasteiger partial charge >= 0.3 is 11.9 Å². The first kappa shape index (κ1) is 18.9. The van der Waals surface area contributed by atoms with Crippen LogP contribution in [0, 0.1) is 11.8 Å². The summed E-state index contributed by atoms with van der Waals surface area (Å²) in [5.41, 5.74) is 0. The molecular weight excluding hydrogens is 312 g/mol. The Morgan fingerprint density at radius 3 is 2.17 bits per heavy atom. The van der Waals surface area contributed by atoms with Crippen molar-refractivity contribution in [3.8, 4) is 0 Å². The van der Waals surface area contributed by atoms with E-state index >= 15 is 0 Å². The number of rotatable bonds is 6.